The summed E-state index contributed by atoms with van der Waals surface area (Å²) in [5, 5.41) is 8.64. The number of rotatable bonds is 1. The quantitative estimate of drug-likeness (QED) is 0.675. The first-order chi connectivity index (χ1) is 6.85. The van der Waals surface area contributed by atoms with E-state index in [9.17, 15) is 0 Å². The molecule has 0 fully saturated rings. The van der Waals surface area contributed by atoms with Gasteiger partial charge in [-0.15, -0.1) is 0 Å². The van der Waals surface area contributed by atoms with E-state index in [1.165, 1.54) is 6.20 Å². The molecule has 0 unspecified atom stereocenters. The fourth-order valence-electron chi connectivity index (χ4n) is 1.23. The summed E-state index contributed by atoms with van der Waals surface area (Å²) in [5.74, 6) is 0.666. The fraction of sp³-hybridized carbons (Fsp3) is 0.100. The summed E-state index contributed by atoms with van der Waals surface area (Å²) in [6, 6.07) is 7.36. The zero-order valence-corrected chi connectivity index (χ0v) is 7.56. The van der Waals surface area contributed by atoms with Gasteiger partial charge in [0, 0.05) is 0 Å². The molecule has 0 N–H and O–H groups in total. The largest absolute Gasteiger partial charge is 0.494 e. The maximum atomic E-state index is 8.64. The molecule has 0 radical (unpaired) electrons. The molecule has 0 atom stereocenters. The van der Waals surface area contributed by atoms with E-state index in [0.717, 1.165) is 0 Å². The van der Waals surface area contributed by atoms with Gasteiger partial charge in [0.1, 0.15) is 17.3 Å². The minimum Gasteiger partial charge on any atom is -0.494 e. The molecule has 1 aromatic carbocycles. The van der Waals surface area contributed by atoms with Crippen LogP contribution in [0.15, 0.2) is 24.4 Å². The molecule has 1 heterocycles. The van der Waals surface area contributed by atoms with Crippen LogP contribution in [0.25, 0.3) is 11.0 Å². The molecular formula is C10H7N3O. The summed E-state index contributed by atoms with van der Waals surface area (Å²) in [6.45, 7) is 0. The standard InChI is InChI=1S/C10H7N3O/c1-14-9-4-2-3-8-10(9)12-6-7(5-11)13-8/h2-4,6H,1H3. The Bertz CT molecular complexity index is 516. The third-order valence-electron chi connectivity index (χ3n) is 1.87. The molecule has 4 heteroatoms. The van der Waals surface area contributed by atoms with Gasteiger partial charge in [-0.05, 0) is 12.1 Å². The number of nitriles is 1. The van der Waals surface area contributed by atoms with Crippen LogP contribution in [-0.4, -0.2) is 17.1 Å². The van der Waals surface area contributed by atoms with Crippen molar-refractivity contribution in [2.24, 2.45) is 0 Å². The number of para-hydroxylation sites is 1. The SMILES string of the molecule is COc1cccc2nc(C#N)cnc12. The number of aromatic nitrogens is 2. The molecule has 2 aromatic rings. The van der Waals surface area contributed by atoms with Gasteiger partial charge >= 0.3 is 0 Å². The lowest BCUT2D eigenvalue weighted by Crippen LogP contribution is -1.91. The van der Waals surface area contributed by atoms with E-state index in [-0.39, 0.29) is 0 Å². The van der Waals surface area contributed by atoms with Gasteiger partial charge in [0.2, 0.25) is 0 Å². The second-order valence-corrected chi connectivity index (χ2v) is 2.70. The highest BCUT2D eigenvalue weighted by Crippen LogP contribution is 2.21. The Morgan fingerprint density at radius 3 is 3.00 bits per heavy atom. The molecule has 2 rings (SSSR count). The predicted molar refractivity (Wildman–Crippen MR) is 50.8 cm³/mol. The molecule has 14 heavy (non-hydrogen) atoms. The molecule has 0 amide bonds. The van der Waals surface area contributed by atoms with Crippen molar-refractivity contribution in [3.8, 4) is 11.8 Å². The number of benzene rings is 1. The average Bonchev–Trinajstić information content (AvgIpc) is 2.27. The summed E-state index contributed by atoms with van der Waals surface area (Å²) in [4.78, 5) is 8.21. The Morgan fingerprint density at radius 1 is 1.43 bits per heavy atom. The first-order valence-electron chi connectivity index (χ1n) is 4.05. The Hall–Kier alpha value is -2.15. The van der Waals surface area contributed by atoms with Crippen molar-refractivity contribution in [2.75, 3.05) is 7.11 Å². The molecule has 0 aliphatic rings. The van der Waals surface area contributed by atoms with Gasteiger partial charge in [-0.3, -0.25) is 0 Å². The van der Waals surface area contributed by atoms with Crippen LogP contribution >= 0.6 is 0 Å². The third kappa shape index (κ3) is 1.25. The van der Waals surface area contributed by atoms with Gasteiger partial charge < -0.3 is 4.74 Å². The van der Waals surface area contributed by atoms with Crippen molar-refractivity contribution in [1.29, 1.82) is 5.26 Å². The van der Waals surface area contributed by atoms with Crippen molar-refractivity contribution in [2.45, 2.75) is 0 Å². The zero-order valence-electron chi connectivity index (χ0n) is 7.56. The molecule has 1 aromatic heterocycles. The summed E-state index contributed by atoms with van der Waals surface area (Å²) >= 11 is 0. The van der Waals surface area contributed by atoms with Crippen LogP contribution in [0.4, 0.5) is 0 Å². The number of ether oxygens (including phenoxy) is 1. The Kier molecular flexibility index (Phi) is 1.99. The van der Waals surface area contributed by atoms with Crippen molar-refractivity contribution < 1.29 is 4.74 Å². The van der Waals surface area contributed by atoms with Gasteiger partial charge in [0.05, 0.1) is 18.8 Å². The van der Waals surface area contributed by atoms with E-state index in [1.807, 2.05) is 18.2 Å². The first-order valence-corrected chi connectivity index (χ1v) is 4.05. The van der Waals surface area contributed by atoms with Gasteiger partial charge in [-0.1, -0.05) is 6.07 Å². The number of hydrogen-bond acceptors (Lipinski definition) is 4. The highest BCUT2D eigenvalue weighted by molar-refractivity contribution is 5.80. The van der Waals surface area contributed by atoms with Crippen LogP contribution in [0.5, 0.6) is 5.75 Å². The first kappa shape index (κ1) is 8.45. The van der Waals surface area contributed by atoms with Crippen LogP contribution in [0, 0.1) is 11.3 Å². The lowest BCUT2D eigenvalue weighted by atomic mass is 10.2. The predicted octanol–water partition coefficient (Wildman–Crippen LogP) is 1.51. The van der Waals surface area contributed by atoms with E-state index >= 15 is 0 Å². The van der Waals surface area contributed by atoms with Crippen molar-refractivity contribution in [1.82, 2.24) is 9.97 Å². The lowest BCUT2D eigenvalue weighted by molar-refractivity contribution is 0.419. The van der Waals surface area contributed by atoms with E-state index in [4.69, 9.17) is 10.00 Å². The normalized spacial score (nSPS) is 9.71. The minimum atomic E-state index is 0.311. The van der Waals surface area contributed by atoms with Gasteiger partial charge in [-0.25, -0.2) is 9.97 Å². The third-order valence-corrected chi connectivity index (χ3v) is 1.87. The second kappa shape index (κ2) is 3.30. The molecule has 0 spiro atoms. The smallest absolute Gasteiger partial charge is 0.159 e. The molecule has 0 bridgehead atoms. The maximum absolute atomic E-state index is 8.64. The van der Waals surface area contributed by atoms with Crippen molar-refractivity contribution >= 4 is 11.0 Å². The van der Waals surface area contributed by atoms with E-state index in [2.05, 4.69) is 9.97 Å². The number of hydrogen-bond donors (Lipinski definition) is 0. The van der Waals surface area contributed by atoms with E-state index in [1.54, 1.807) is 13.2 Å². The number of methoxy groups -OCH3 is 1. The zero-order chi connectivity index (χ0) is 9.97. The molecule has 4 nitrogen and oxygen atoms in total. The monoisotopic (exact) mass is 185 g/mol. The highest BCUT2D eigenvalue weighted by atomic mass is 16.5. The Labute approximate surface area is 80.8 Å². The summed E-state index contributed by atoms with van der Waals surface area (Å²) in [7, 11) is 1.58. The topological polar surface area (TPSA) is 58.8 Å². The van der Waals surface area contributed by atoms with Crippen molar-refractivity contribution in [3.05, 3.63) is 30.1 Å². The van der Waals surface area contributed by atoms with Crippen LogP contribution < -0.4 is 4.74 Å². The fourth-order valence-corrected chi connectivity index (χ4v) is 1.23. The molecular weight excluding hydrogens is 178 g/mol. The Balaban J connectivity index is 2.75. The minimum absolute atomic E-state index is 0.311. The highest BCUT2D eigenvalue weighted by Gasteiger charge is 2.03. The van der Waals surface area contributed by atoms with E-state index in [0.29, 0.717) is 22.5 Å². The van der Waals surface area contributed by atoms with Crippen LogP contribution in [-0.2, 0) is 0 Å². The molecule has 68 valence electrons. The van der Waals surface area contributed by atoms with Crippen LogP contribution in [0.3, 0.4) is 0 Å². The number of nitrogens with zero attached hydrogens (tertiary/aromatic N) is 3. The van der Waals surface area contributed by atoms with Crippen molar-refractivity contribution in [3.63, 3.8) is 0 Å². The summed E-state index contributed by atoms with van der Waals surface area (Å²) in [5.41, 5.74) is 1.66. The van der Waals surface area contributed by atoms with Gasteiger partial charge in [0.25, 0.3) is 0 Å². The molecule has 0 aliphatic heterocycles. The molecule has 0 saturated carbocycles. The second-order valence-electron chi connectivity index (χ2n) is 2.70. The van der Waals surface area contributed by atoms with E-state index < -0.39 is 0 Å². The molecule has 0 saturated heterocycles. The van der Waals surface area contributed by atoms with Crippen LogP contribution in [0.1, 0.15) is 5.69 Å². The van der Waals surface area contributed by atoms with Gasteiger partial charge in [0.15, 0.2) is 5.69 Å². The number of fused-ring (bicyclic) bond motifs is 1. The Morgan fingerprint density at radius 2 is 2.29 bits per heavy atom. The van der Waals surface area contributed by atoms with Gasteiger partial charge in [-0.2, -0.15) is 5.26 Å². The lowest BCUT2D eigenvalue weighted by Gasteiger charge is -2.02. The summed E-state index contributed by atoms with van der Waals surface area (Å²) < 4.78 is 5.12. The average molecular weight is 185 g/mol. The molecule has 0 aliphatic carbocycles. The maximum Gasteiger partial charge on any atom is 0.159 e. The summed E-state index contributed by atoms with van der Waals surface area (Å²) in [6.07, 6.45) is 1.44. The van der Waals surface area contributed by atoms with Crippen LogP contribution in [0.2, 0.25) is 0 Å².